The summed E-state index contributed by atoms with van der Waals surface area (Å²) in [5.41, 5.74) is 3.13. The smallest absolute Gasteiger partial charge is 0.260 e. The normalized spacial score (nSPS) is 15.0. The molecule has 3 rings (SSSR count). The van der Waals surface area contributed by atoms with Crippen molar-refractivity contribution in [2.45, 2.75) is 32.6 Å². The van der Waals surface area contributed by atoms with Crippen molar-refractivity contribution in [2.75, 3.05) is 39.4 Å². The van der Waals surface area contributed by atoms with Gasteiger partial charge in [-0.2, -0.15) is 4.31 Å². The van der Waals surface area contributed by atoms with E-state index < -0.39 is 10.0 Å². The number of sulfonamides is 1. The van der Waals surface area contributed by atoms with Crippen molar-refractivity contribution in [2.24, 2.45) is 0 Å². The Labute approximate surface area is 184 Å². The Hall–Kier alpha value is -2.58. The molecule has 168 valence electrons. The third kappa shape index (κ3) is 5.19. The van der Waals surface area contributed by atoms with E-state index in [1.54, 1.807) is 29.2 Å². The van der Waals surface area contributed by atoms with Crippen molar-refractivity contribution in [3.8, 4) is 11.5 Å². The van der Waals surface area contributed by atoms with Crippen molar-refractivity contribution in [3.63, 3.8) is 0 Å². The summed E-state index contributed by atoms with van der Waals surface area (Å²) in [5, 5.41) is 0. The fourth-order valence-corrected chi connectivity index (χ4v) is 5.00. The van der Waals surface area contributed by atoms with Gasteiger partial charge < -0.3 is 14.4 Å². The zero-order chi connectivity index (χ0) is 22.6. The standard InChI is InChI=1S/C23H30N2O5S/c1-5-29-20-8-10-21(11-9-20)31(27,28)25-14-12-24(13-15-25)22(26)16-30-23-18(3)7-6-17(2)19(23)4/h6-11H,5,12-16H2,1-4H3. The molecule has 1 fully saturated rings. The first-order valence-electron chi connectivity index (χ1n) is 10.4. The Morgan fingerprint density at radius 3 is 2.13 bits per heavy atom. The number of hydrogen-bond donors (Lipinski definition) is 0. The highest BCUT2D eigenvalue weighted by molar-refractivity contribution is 7.89. The Bertz CT molecular complexity index is 1030. The van der Waals surface area contributed by atoms with E-state index in [4.69, 9.17) is 9.47 Å². The summed E-state index contributed by atoms with van der Waals surface area (Å²) in [6.45, 7) is 9.46. The van der Waals surface area contributed by atoms with Gasteiger partial charge in [-0.05, 0) is 68.7 Å². The Balaban J connectivity index is 1.57. The van der Waals surface area contributed by atoms with E-state index in [2.05, 4.69) is 0 Å². The minimum absolute atomic E-state index is 0.0588. The molecular weight excluding hydrogens is 416 g/mol. The average molecular weight is 447 g/mol. The highest BCUT2D eigenvalue weighted by atomic mass is 32.2. The van der Waals surface area contributed by atoms with Crippen molar-refractivity contribution in [3.05, 3.63) is 53.1 Å². The van der Waals surface area contributed by atoms with E-state index in [9.17, 15) is 13.2 Å². The molecule has 1 aliphatic heterocycles. The van der Waals surface area contributed by atoms with Crippen LogP contribution >= 0.6 is 0 Å². The summed E-state index contributed by atoms with van der Waals surface area (Å²) >= 11 is 0. The fourth-order valence-electron chi connectivity index (χ4n) is 3.57. The van der Waals surface area contributed by atoms with E-state index in [1.165, 1.54) is 4.31 Å². The van der Waals surface area contributed by atoms with Crippen LogP contribution in [0.5, 0.6) is 11.5 Å². The zero-order valence-corrected chi connectivity index (χ0v) is 19.4. The molecule has 0 bridgehead atoms. The van der Waals surface area contributed by atoms with Crippen LogP contribution in [-0.4, -0.2) is 62.9 Å². The predicted octanol–water partition coefficient (Wildman–Crippen LogP) is 2.92. The highest BCUT2D eigenvalue weighted by Gasteiger charge is 2.30. The molecule has 0 N–H and O–H groups in total. The minimum atomic E-state index is -3.61. The fraction of sp³-hybridized carbons (Fsp3) is 0.435. The lowest BCUT2D eigenvalue weighted by molar-refractivity contribution is -0.134. The predicted molar refractivity (Wildman–Crippen MR) is 119 cm³/mol. The van der Waals surface area contributed by atoms with Crippen LogP contribution in [0.1, 0.15) is 23.6 Å². The van der Waals surface area contributed by atoms with Gasteiger partial charge >= 0.3 is 0 Å². The maximum atomic E-state index is 12.9. The Morgan fingerprint density at radius 1 is 0.903 bits per heavy atom. The molecule has 0 unspecified atom stereocenters. The van der Waals surface area contributed by atoms with E-state index in [0.29, 0.717) is 25.4 Å². The van der Waals surface area contributed by atoms with Crippen molar-refractivity contribution in [1.82, 2.24) is 9.21 Å². The number of piperazine rings is 1. The molecule has 0 atom stereocenters. The van der Waals surface area contributed by atoms with Crippen molar-refractivity contribution in [1.29, 1.82) is 0 Å². The molecule has 31 heavy (non-hydrogen) atoms. The van der Waals surface area contributed by atoms with E-state index in [0.717, 1.165) is 22.4 Å². The lowest BCUT2D eigenvalue weighted by Crippen LogP contribution is -2.51. The van der Waals surface area contributed by atoms with Gasteiger partial charge in [0.05, 0.1) is 11.5 Å². The number of benzene rings is 2. The van der Waals surface area contributed by atoms with Crippen LogP contribution in [0.4, 0.5) is 0 Å². The van der Waals surface area contributed by atoms with Crippen LogP contribution in [0.15, 0.2) is 41.3 Å². The van der Waals surface area contributed by atoms with Crippen LogP contribution < -0.4 is 9.47 Å². The summed E-state index contributed by atoms with van der Waals surface area (Å²) in [4.78, 5) is 14.5. The Kier molecular flexibility index (Phi) is 7.23. The van der Waals surface area contributed by atoms with Crippen molar-refractivity contribution >= 4 is 15.9 Å². The SMILES string of the molecule is CCOc1ccc(S(=O)(=O)N2CCN(C(=O)COc3c(C)ccc(C)c3C)CC2)cc1. The molecule has 1 aliphatic rings. The average Bonchev–Trinajstić information content (AvgIpc) is 2.77. The molecular formula is C23H30N2O5S. The van der Waals surface area contributed by atoms with Crippen LogP contribution in [0.25, 0.3) is 0 Å². The maximum Gasteiger partial charge on any atom is 0.260 e. The number of carbonyl (C=O) groups is 1. The first-order chi connectivity index (χ1) is 14.7. The molecule has 0 aliphatic carbocycles. The number of rotatable bonds is 7. The second kappa shape index (κ2) is 9.70. The molecule has 0 spiro atoms. The second-order valence-electron chi connectivity index (χ2n) is 7.63. The van der Waals surface area contributed by atoms with Gasteiger partial charge in [0.15, 0.2) is 6.61 Å². The summed E-state index contributed by atoms with van der Waals surface area (Å²) in [5.74, 6) is 1.24. The number of amides is 1. The van der Waals surface area contributed by atoms with Gasteiger partial charge in [0.2, 0.25) is 10.0 Å². The topological polar surface area (TPSA) is 76.2 Å². The lowest BCUT2D eigenvalue weighted by atomic mass is 10.1. The third-order valence-electron chi connectivity index (χ3n) is 5.58. The van der Waals surface area contributed by atoms with Crippen molar-refractivity contribution < 1.29 is 22.7 Å². The molecule has 1 heterocycles. The summed E-state index contributed by atoms with van der Waals surface area (Å²) in [7, 11) is -3.61. The largest absolute Gasteiger partial charge is 0.494 e. The van der Waals surface area contributed by atoms with Crippen LogP contribution in [0, 0.1) is 20.8 Å². The van der Waals surface area contributed by atoms with E-state index in [-0.39, 0.29) is 30.5 Å². The highest BCUT2D eigenvalue weighted by Crippen LogP contribution is 2.26. The first-order valence-corrected chi connectivity index (χ1v) is 11.9. The second-order valence-corrected chi connectivity index (χ2v) is 9.57. The summed E-state index contributed by atoms with van der Waals surface area (Å²) in [6.07, 6.45) is 0. The number of hydrogen-bond acceptors (Lipinski definition) is 5. The number of ether oxygens (including phenoxy) is 2. The molecule has 1 amide bonds. The van der Waals surface area contributed by atoms with Gasteiger partial charge in [-0.3, -0.25) is 4.79 Å². The minimum Gasteiger partial charge on any atom is -0.494 e. The third-order valence-corrected chi connectivity index (χ3v) is 7.49. The zero-order valence-electron chi connectivity index (χ0n) is 18.6. The van der Waals surface area contributed by atoms with Gasteiger partial charge in [-0.1, -0.05) is 12.1 Å². The number of carbonyl (C=O) groups excluding carboxylic acids is 1. The maximum absolute atomic E-state index is 12.9. The molecule has 1 saturated heterocycles. The molecule has 0 saturated carbocycles. The van der Waals surface area contributed by atoms with Crippen LogP contribution in [-0.2, 0) is 14.8 Å². The van der Waals surface area contributed by atoms with Gasteiger partial charge in [0.1, 0.15) is 11.5 Å². The summed E-state index contributed by atoms with van der Waals surface area (Å²) < 4.78 is 38.4. The number of aryl methyl sites for hydroxylation is 2. The molecule has 0 radical (unpaired) electrons. The van der Waals surface area contributed by atoms with Gasteiger partial charge in [-0.25, -0.2) is 8.42 Å². The van der Waals surface area contributed by atoms with Gasteiger partial charge in [-0.15, -0.1) is 0 Å². The molecule has 0 aromatic heterocycles. The summed E-state index contributed by atoms with van der Waals surface area (Å²) in [6, 6.07) is 10.4. The first kappa shape index (κ1) is 23.1. The van der Waals surface area contributed by atoms with Crippen LogP contribution in [0.2, 0.25) is 0 Å². The molecule has 2 aromatic rings. The monoisotopic (exact) mass is 446 g/mol. The lowest BCUT2D eigenvalue weighted by Gasteiger charge is -2.34. The Morgan fingerprint density at radius 2 is 1.52 bits per heavy atom. The molecule has 2 aromatic carbocycles. The van der Waals surface area contributed by atoms with Gasteiger partial charge in [0.25, 0.3) is 5.91 Å². The van der Waals surface area contributed by atoms with Crippen LogP contribution in [0.3, 0.4) is 0 Å². The molecule has 8 heteroatoms. The van der Waals surface area contributed by atoms with Gasteiger partial charge in [0, 0.05) is 26.2 Å². The van der Waals surface area contributed by atoms with E-state index >= 15 is 0 Å². The van der Waals surface area contributed by atoms with E-state index in [1.807, 2.05) is 39.8 Å². The molecule has 7 nitrogen and oxygen atoms in total. The number of nitrogens with zero attached hydrogens (tertiary/aromatic N) is 2. The quantitative estimate of drug-likeness (QED) is 0.654.